The van der Waals surface area contributed by atoms with Gasteiger partial charge in [-0.3, -0.25) is 15.1 Å². The van der Waals surface area contributed by atoms with Gasteiger partial charge in [0.2, 0.25) is 0 Å². The van der Waals surface area contributed by atoms with Gasteiger partial charge >= 0.3 is 5.69 Å². The maximum Gasteiger partial charge on any atom is 0.311 e. The van der Waals surface area contributed by atoms with E-state index in [1.807, 2.05) is 12.3 Å². The van der Waals surface area contributed by atoms with Gasteiger partial charge in [-0.1, -0.05) is 0 Å². The molecule has 0 atom stereocenters. The third kappa shape index (κ3) is 2.82. The van der Waals surface area contributed by atoms with Crippen molar-refractivity contribution in [1.82, 2.24) is 9.97 Å². The lowest BCUT2D eigenvalue weighted by molar-refractivity contribution is -0.384. The summed E-state index contributed by atoms with van der Waals surface area (Å²) < 4.78 is 0.559. The minimum Gasteiger partial charge on any atom is -0.373 e. The summed E-state index contributed by atoms with van der Waals surface area (Å²) in [7, 11) is 0. The number of aryl methyl sites for hydroxylation is 1. The summed E-state index contributed by atoms with van der Waals surface area (Å²) in [6, 6.07) is 0. The topological polar surface area (TPSA) is 81.0 Å². The maximum atomic E-state index is 10.9. The Morgan fingerprint density at radius 2 is 2.33 bits per heavy atom. The summed E-state index contributed by atoms with van der Waals surface area (Å²) in [6.45, 7) is 2.35. The Kier molecular flexibility index (Phi) is 3.87. The van der Waals surface area contributed by atoms with E-state index >= 15 is 0 Å². The Labute approximate surface area is 115 Å². The van der Waals surface area contributed by atoms with Gasteiger partial charge in [-0.25, -0.2) is 4.98 Å². The van der Waals surface area contributed by atoms with Crippen molar-refractivity contribution in [2.75, 3.05) is 5.32 Å². The molecule has 0 radical (unpaired) electrons. The number of rotatable bonds is 4. The molecule has 0 saturated carbocycles. The Bertz CT molecular complexity index is 587. The Balaban J connectivity index is 2.20. The molecular weight excluding hydrogens is 320 g/mol. The van der Waals surface area contributed by atoms with Gasteiger partial charge in [0.25, 0.3) is 0 Å². The molecule has 0 spiro atoms. The van der Waals surface area contributed by atoms with Crippen molar-refractivity contribution in [1.29, 1.82) is 0 Å². The molecule has 0 amide bonds. The Morgan fingerprint density at radius 3 is 2.94 bits per heavy atom. The minimum absolute atomic E-state index is 0.0590. The predicted octanol–water partition coefficient (Wildman–Crippen LogP) is 3.13. The van der Waals surface area contributed by atoms with Crippen molar-refractivity contribution in [2.45, 2.75) is 13.5 Å². The number of nitrogens with one attached hydrogen (secondary N) is 1. The van der Waals surface area contributed by atoms with Gasteiger partial charge in [0.15, 0.2) is 0 Å². The molecule has 0 unspecified atom stereocenters. The third-order valence-corrected chi connectivity index (χ3v) is 3.61. The van der Waals surface area contributed by atoms with Crippen LogP contribution in [0, 0.1) is 17.0 Å². The van der Waals surface area contributed by atoms with Gasteiger partial charge < -0.3 is 5.32 Å². The molecule has 2 heterocycles. The number of pyridine rings is 1. The zero-order chi connectivity index (χ0) is 13.1. The summed E-state index contributed by atoms with van der Waals surface area (Å²) in [4.78, 5) is 18.5. The van der Waals surface area contributed by atoms with Crippen LogP contribution >= 0.6 is 27.3 Å². The van der Waals surface area contributed by atoms with E-state index in [4.69, 9.17) is 0 Å². The smallest absolute Gasteiger partial charge is 0.311 e. The second-order valence-corrected chi connectivity index (χ2v) is 5.40. The summed E-state index contributed by atoms with van der Waals surface area (Å²) in [5.41, 5.74) is 1.22. The first-order valence-corrected chi connectivity index (χ1v) is 6.68. The van der Waals surface area contributed by atoms with E-state index in [0.29, 0.717) is 16.7 Å². The van der Waals surface area contributed by atoms with Crippen LogP contribution < -0.4 is 5.32 Å². The van der Waals surface area contributed by atoms with Crippen molar-refractivity contribution in [3.63, 3.8) is 0 Å². The molecular formula is C10H9BrN4O2S. The minimum atomic E-state index is -0.466. The lowest BCUT2D eigenvalue weighted by atomic mass is 10.3. The Hall–Kier alpha value is -1.54. The zero-order valence-electron chi connectivity index (χ0n) is 9.38. The molecule has 0 bridgehead atoms. The number of halogens is 1. The molecule has 0 aromatic carbocycles. The van der Waals surface area contributed by atoms with Crippen molar-refractivity contribution in [3.8, 4) is 0 Å². The van der Waals surface area contributed by atoms with Crippen LogP contribution in [0.3, 0.4) is 0 Å². The van der Waals surface area contributed by atoms with E-state index in [1.54, 1.807) is 11.3 Å². The van der Waals surface area contributed by atoms with Crippen LogP contribution in [-0.4, -0.2) is 14.9 Å². The van der Waals surface area contributed by atoms with Crippen molar-refractivity contribution in [2.24, 2.45) is 0 Å². The highest BCUT2D eigenvalue weighted by atomic mass is 79.9. The van der Waals surface area contributed by atoms with Crippen molar-refractivity contribution < 1.29 is 4.92 Å². The van der Waals surface area contributed by atoms with E-state index in [2.05, 4.69) is 31.2 Å². The monoisotopic (exact) mass is 328 g/mol. The third-order valence-electron chi connectivity index (χ3n) is 2.19. The van der Waals surface area contributed by atoms with Crippen LogP contribution in [-0.2, 0) is 6.54 Å². The van der Waals surface area contributed by atoms with Gasteiger partial charge in [0.1, 0.15) is 11.9 Å². The standard InChI is InChI=1S/C10H9BrN4O2S/c1-6-14-7(5-18-6)2-13-10-8(11)3-12-4-9(10)15(16)17/h3-5H,2H2,1H3,(H,12,13). The first kappa shape index (κ1) is 12.9. The number of nitrogens with zero attached hydrogens (tertiary/aromatic N) is 3. The van der Waals surface area contributed by atoms with Crippen molar-refractivity contribution >= 4 is 38.6 Å². The number of aromatic nitrogens is 2. The number of hydrogen-bond acceptors (Lipinski definition) is 6. The highest BCUT2D eigenvalue weighted by Crippen LogP contribution is 2.31. The lowest BCUT2D eigenvalue weighted by Gasteiger charge is -2.06. The molecule has 2 rings (SSSR count). The van der Waals surface area contributed by atoms with Gasteiger partial charge in [-0.15, -0.1) is 11.3 Å². The average molecular weight is 329 g/mol. The van der Waals surface area contributed by atoms with E-state index in [9.17, 15) is 10.1 Å². The first-order chi connectivity index (χ1) is 8.58. The normalized spacial score (nSPS) is 10.3. The molecule has 0 aliphatic rings. The predicted molar refractivity (Wildman–Crippen MR) is 72.8 cm³/mol. The molecule has 6 nitrogen and oxygen atoms in total. The molecule has 0 aliphatic carbocycles. The average Bonchev–Trinajstić information content (AvgIpc) is 2.73. The summed E-state index contributed by atoms with van der Waals surface area (Å²) in [6.07, 6.45) is 2.74. The lowest BCUT2D eigenvalue weighted by Crippen LogP contribution is -2.04. The SMILES string of the molecule is Cc1nc(CNc2c(Br)cncc2[N+](=O)[O-])cs1. The Morgan fingerprint density at radius 1 is 1.56 bits per heavy atom. The molecule has 0 saturated heterocycles. The number of anilines is 1. The van der Waals surface area contributed by atoms with Gasteiger partial charge in [0, 0.05) is 11.6 Å². The van der Waals surface area contributed by atoms with E-state index in [0.717, 1.165) is 10.7 Å². The van der Waals surface area contributed by atoms with Crippen LogP contribution in [0.1, 0.15) is 10.7 Å². The van der Waals surface area contributed by atoms with Gasteiger partial charge in [-0.2, -0.15) is 0 Å². The highest BCUT2D eigenvalue weighted by Gasteiger charge is 2.17. The van der Waals surface area contributed by atoms with E-state index in [-0.39, 0.29) is 5.69 Å². The second-order valence-electron chi connectivity index (χ2n) is 3.48. The zero-order valence-corrected chi connectivity index (χ0v) is 11.8. The van der Waals surface area contributed by atoms with Gasteiger partial charge in [0.05, 0.1) is 26.6 Å². The van der Waals surface area contributed by atoms with Crippen molar-refractivity contribution in [3.05, 3.63) is 43.1 Å². The molecule has 2 aromatic rings. The molecule has 18 heavy (non-hydrogen) atoms. The number of nitro groups is 1. The summed E-state index contributed by atoms with van der Waals surface area (Å²) in [5, 5.41) is 16.8. The molecule has 0 aliphatic heterocycles. The molecule has 94 valence electrons. The quantitative estimate of drug-likeness (QED) is 0.688. The highest BCUT2D eigenvalue weighted by molar-refractivity contribution is 9.10. The van der Waals surface area contributed by atoms with E-state index in [1.165, 1.54) is 12.4 Å². The number of thiazole rings is 1. The van der Waals surface area contributed by atoms with Crippen LogP contribution in [0.5, 0.6) is 0 Å². The van der Waals surface area contributed by atoms with E-state index < -0.39 is 4.92 Å². The second kappa shape index (κ2) is 5.40. The molecule has 2 aromatic heterocycles. The van der Waals surface area contributed by atoms with Crippen LogP contribution in [0.15, 0.2) is 22.2 Å². The summed E-state index contributed by atoms with van der Waals surface area (Å²) in [5.74, 6) is 0. The fourth-order valence-corrected chi connectivity index (χ4v) is 2.48. The molecule has 1 N–H and O–H groups in total. The fourth-order valence-electron chi connectivity index (χ4n) is 1.41. The number of hydrogen-bond donors (Lipinski definition) is 1. The molecule has 0 fully saturated rings. The summed E-state index contributed by atoms with van der Waals surface area (Å²) >= 11 is 4.79. The maximum absolute atomic E-state index is 10.9. The molecule has 8 heteroatoms. The fraction of sp³-hybridized carbons (Fsp3) is 0.200. The first-order valence-electron chi connectivity index (χ1n) is 5.00. The van der Waals surface area contributed by atoms with Crippen LogP contribution in [0.2, 0.25) is 0 Å². The van der Waals surface area contributed by atoms with Crippen LogP contribution in [0.4, 0.5) is 11.4 Å². The van der Waals surface area contributed by atoms with Gasteiger partial charge in [-0.05, 0) is 22.9 Å². The largest absolute Gasteiger partial charge is 0.373 e. The van der Waals surface area contributed by atoms with Crippen LogP contribution in [0.25, 0.3) is 0 Å².